The van der Waals surface area contributed by atoms with Gasteiger partial charge in [-0.2, -0.15) is 0 Å². The third kappa shape index (κ3) is 2.65. The minimum absolute atomic E-state index is 0.264. The van der Waals surface area contributed by atoms with Gasteiger partial charge in [0.25, 0.3) is 0 Å². The zero-order valence-corrected chi connectivity index (χ0v) is 11.1. The molecule has 0 atom stereocenters. The van der Waals surface area contributed by atoms with Crippen LogP contribution in [-0.2, 0) is 0 Å². The lowest BCUT2D eigenvalue weighted by Crippen LogP contribution is -1.97. The zero-order valence-electron chi connectivity index (χ0n) is 11.1. The number of carbonyl (C=O) groups is 1. The number of hydrogen-bond donors (Lipinski definition) is 1. The third-order valence-corrected chi connectivity index (χ3v) is 3.25. The lowest BCUT2D eigenvalue weighted by atomic mass is 9.94. The highest BCUT2D eigenvalue weighted by molar-refractivity contribution is 5.93. The van der Waals surface area contributed by atoms with Crippen LogP contribution in [0.25, 0.3) is 22.3 Å². The van der Waals surface area contributed by atoms with Gasteiger partial charge in [-0.25, -0.2) is 4.79 Å². The molecule has 3 aromatic rings. The van der Waals surface area contributed by atoms with Crippen LogP contribution < -0.4 is 0 Å². The Kier molecular flexibility index (Phi) is 3.43. The number of rotatable bonds is 3. The molecule has 0 saturated heterocycles. The first kappa shape index (κ1) is 13.0. The Morgan fingerprint density at radius 3 is 1.81 bits per heavy atom. The van der Waals surface area contributed by atoms with Gasteiger partial charge < -0.3 is 5.11 Å². The van der Waals surface area contributed by atoms with Crippen molar-refractivity contribution in [3.8, 4) is 22.3 Å². The molecule has 0 spiro atoms. The summed E-state index contributed by atoms with van der Waals surface area (Å²) in [7, 11) is 0. The summed E-state index contributed by atoms with van der Waals surface area (Å²) in [5, 5.41) is 9.20. The summed E-state index contributed by atoms with van der Waals surface area (Å²) in [4.78, 5) is 19.2. The standard InChI is InChI=1S/C17H12N2O2/c20-17(21)14-1-2-15(12-3-7-18-8-4-12)16(11-14)13-5-9-19-10-6-13/h1-11H,(H,20,21). The maximum atomic E-state index is 11.2. The molecule has 1 N–H and O–H groups in total. The fourth-order valence-corrected chi connectivity index (χ4v) is 2.23. The lowest BCUT2D eigenvalue weighted by Gasteiger charge is -2.11. The van der Waals surface area contributed by atoms with Gasteiger partial charge in [0.15, 0.2) is 0 Å². The van der Waals surface area contributed by atoms with E-state index in [1.165, 1.54) is 0 Å². The summed E-state index contributed by atoms with van der Waals surface area (Å²) in [5.74, 6) is -0.938. The fourth-order valence-electron chi connectivity index (χ4n) is 2.23. The fraction of sp³-hybridized carbons (Fsp3) is 0. The van der Waals surface area contributed by atoms with Gasteiger partial charge in [-0.1, -0.05) is 6.07 Å². The van der Waals surface area contributed by atoms with Crippen molar-refractivity contribution in [1.29, 1.82) is 0 Å². The Hall–Kier alpha value is -3.01. The summed E-state index contributed by atoms with van der Waals surface area (Å²) >= 11 is 0. The minimum atomic E-state index is -0.938. The quantitative estimate of drug-likeness (QED) is 0.795. The molecule has 0 aliphatic carbocycles. The molecule has 0 saturated carbocycles. The highest BCUT2D eigenvalue weighted by atomic mass is 16.4. The Bertz CT molecular complexity index is 771. The lowest BCUT2D eigenvalue weighted by molar-refractivity contribution is 0.0697. The van der Waals surface area contributed by atoms with Gasteiger partial charge in [-0.3, -0.25) is 9.97 Å². The second-order valence-corrected chi connectivity index (χ2v) is 4.54. The summed E-state index contributed by atoms with van der Waals surface area (Å²) in [6.07, 6.45) is 6.83. The topological polar surface area (TPSA) is 63.1 Å². The molecule has 0 unspecified atom stereocenters. The van der Waals surface area contributed by atoms with Crippen molar-refractivity contribution >= 4 is 5.97 Å². The van der Waals surface area contributed by atoms with Crippen molar-refractivity contribution in [2.75, 3.05) is 0 Å². The van der Waals surface area contributed by atoms with Gasteiger partial charge in [0, 0.05) is 24.8 Å². The monoisotopic (exact) mass is 276 g/mol. The first-order valence-corrected chi connectivity index (χ1v) is 6.44. The van der Waals surface area contributed by atoms with E-state index in [1.54, 1.807) is 36.9 Å². The number of carboxylic acid groups (broad SMARTS) is 1. The van der Waals surface area contributed by atoms with E-state index in [0.29, 0.717) is 0 Å². The Balaban J connectivity index is 2.23. The van der Waals surface area contributed by atoms with Gasteiger partial charge in [0.1, 0.15) is 0 Å². The number of aromatic carboxylic acids is 1. The molecule has 102 valence electrons. The van der Waals surface area contributed by atoms with E-state index in [0.717, 1.165) is 22.3 Å². The van der Waals surface area contributed by atoms with Crippen LogP contribution >= 0.6 is 0 Å². The summed E-state index contributed by atoms with van der Waals surface area (Å²) in [6.45, 7) is 0. The van der Waals surface area contributed by atoms with E-state index >= 15 is 0 Å². The SMILES string of the molecule is O=C(O)c1ccc(-c2ccncc2)c(-c2ccncc2)c1. The van der Waals surface area contributed by atoms with Crippen LogP contribution in [0.3, 0.4) is 0 Å². The number of aromatic nitrogens is 2. The molecule has 0 amide bonds. The third-order valence-electron chi connectivity index (χ3n) is 3.25. The van der Waals surface area contributed by atoms with E-state index in [2.05, 4.69) is 9.97 Å². The Morgan fingerprint density at radius 1 is 0.762 bits per heavy atom. The normalized spacial score (nSPS) is 10.3. The largest absolute Gasteiger partial charge is 0.478 e. The molecule has 2 aromatic heterocycles. The highest BCUT2D eigenvalue weighted by Crippen LogP contribution is 2.32. The van der Waals surface area contributed by atoms with Crippen LogP contribution in [0.15, 0.2) is 67.3 Å². The van der Waals surface area contributed by atoms with Crippen LogP contribution in [0.2, 0.25) is 0 Å². The van der Waals surface area contributed by atoms with E-state index in [9.17, 15) is 9.90 Å². The highest BCUT2D eigenvalue weighted by Gasteiger charge is 2.11. The van der Waals surface area contributed by atoms with E-state index in [1.807, 2.05) is 30.3 Å². The molecule has 0 aliphatic heterocycles. The molecule has 1 aromatic carbocycles. The van der Waals surface area contributed by atoms with Gasteiger partial charge in [0.05, 0.1) is 5.56 Å². The van der Waals surface area contributed by atoms with Crippen LogP contribution in [0, 0.1) is 0 Å². The summed E-state index contributed by atoms with van der Waals surface area (Å²) in [5.41, 5.74) is 4.02. The van der Waals surface area contributed by atoms with Crippen LogP contribution in [0.5, 0.6) is 0 Å². The first-order valence-electron chi connectivity index (χ1n) is 6.44. The second-order valence-electron chi connectivity index (χ2n) is 4.54. The molecule has 0 radical (unpaired) electrons. The van der Waals surface area contributed by atoms with Crippen molar-refractivity contribution in [2.24, 2.45) is 0 Å². The molecule has 0 fully saturated rings. The Labute approximate surface area is 121 Å². The summed E-state index contributed by atoms with van der Waals surface area (Å²) in [6, 6.07) is 12.7. The number of carboxylic acids is 1. The van der Waals surface area contributed by atoms with E-state index < -0.39 is 5.97 Å². The molecule has 4 nitrogen and oxygen atoms in total. The maximum Gasteiger partial charge on any atom is 0.335 e. The van der Waals surface area contributed by atoms with Crippen LogP contribution in [0.4, 0.5) is 0 Å². The van der Waals surface area contributed by atoms with E-state index in [4.69, 9.17) is 0 Å². The number of benzene rings is 1. The molecule has 3 rings (SSSR count). The van der Waals surface area contributed by atoms with Gasteiger partial charge in [0.2, 0.25) is 0 Å². The number of hydrogen-bond acceptors (Lipinski definition) is 3. The first-order chi connectivity index (χ1) is 10.3. The number of pyridine rings is 2. The molecule has 0 bridgehead atoms. The molecule has 21 heavy (non-hydrogen) atoms. The summed E-state index contributed by atoms with van der Waals surface area (Å²) < 4.78 is 0. The smallest absolute Gasteiger partial charge is 0.335 e. The van der Waals surface area contributed by atoms with Gasteiger partial charge >= 0.3 is 5.97 Å². The van der Waals surface area contributed by atoms with Crippen molar-refractivity contribution in [1.82, 2.24) is 9.97 Å². The van der Waals surface area contributed by atoms with Crippen molar-refractivity contribution in [3.63, 3.8) is 0 Å². The van der Waals surface area contributed by atoms with Crippen LogP contribution in [-0.4, -0.2) is 21.0 Å². The Morgan fingerprint density at radius 2 is 1.29 bits per heavy atom. The van der Waals surface area contributed by atoms with Gasteiger partial charge in [-0.15, -0.1) is 0 Å². The molecule has 0 aliphatic rings. The van der Waals surface area contributed by atoms with E-state index in [-0.39, 0.29) is 5.56 Å². The molecular weight excluding hydrogens is 264 g/mol. The molecule has 2 heterocycles. The van der Waals surface area contributed by atoms with Crippen LogP contribution in [0.1, 0.15) is 10.4 Å². The average Bonchev–Trinajstić information content (AvgIpc) is 2.56. The average molecular weight is 276 g/mol. The zero-order chi connectivity index (χ0) is 14.7. The molecule has 4 heteroatoms. The second kappa shape index (κ2) is 5.54. The minimum Gasteiger partial charge on any atom is -0.478 e. The van der Waals surface area contributed by atoms with Gasteiger partial charge in [-0.05, 0) is 58.7 Å². The predicted octanol–water partition coefficient (Wildman–Crippen LogP) is 3.51. The maximum absolute atomic E-state index is 11.2. The van der Waals surface area contributed by atoms with Crippen molar-refractivity contribution in [3.05, 3.63) is 72.8 Å². The molecular formula is C17H12N2O2. The van der Waals surface area contributed by atoms with Crippen molar-refractivity contribution < 1.29 is 9.90 Å². The number of nitrogens with zero attached hydrogens (tertiary/aromatic N) is 2. The van der Waals surface area contributed by atoms with Crippen molar-refractivity contribution in [2.45, 2.75) is 0 Å². The predicted molar refractivity (Wildman–Crippen MR) is 79.9 cm³/mol.